The first-order valence-electron chi connectivity index (χ1n) is 5.63. The molecule has 1 aliphatic rings. The third-order valence-electron chi connectivity index (χ3n) is 2.58. The van der Waals surface area contributed by atoms with E-state index < -0.39 is 0 Å². The lowest BCUT2D eigenvalue weighted by molar-refractivity contribution is 0.334. The van der Waals surface area contributed by atoms with E-state index in [0.29, 0.717) is 22.8 Å². The van der Waals surface area contributed by atoms with Crippen LogP contribution >= 0.6 is 15.9 Å². The van der Waals surface area contributed by atoms with Gasteiger partial charge in [0.2, 0.25) is 0 Å². The summed E-state index contributed by atoms with van der Waals surface area (Å²) in [6.45, 7) is 4.59. The third-order valence-corrected chi connectivity index (χ3v) is 2.81. The smallest absolute Gasteiger partial charge is 0.165 e. The summed E-state index contributed by atoms with van der Waals surface area (Å²) in [5.74, 6) is -0.00454. The second-order valence-corrected chi connectivity index (χ2v) is 5.31. The zero-order valence-electron chi connectivity index (χ0n) is 9.51. The second kappa shape index (κ2) is 5.65. The van der Waals surface area contributed by atoms with E-state index in [-0.39, 0.29) is 12.4 Å². The van der Waals surface area contributed by atoms with E-state index in [0.717, 1.165) is 5.56 Å². The van der Waals surface area contributed by atoms with Crippen LogP contribution in [0, 0.1) is 5.82 Å². The monoisotopic (exact) mass is 299 g/mol. The Morgan fingerprint density at radius 2 is 2.29 bits per heavy atom. The fourth-order valence-electron chi connectivity index (χ4n) is 1.55. The Morgan fingerprint density at radius 3 is 2.94 bits per heavy atom. The minimum Gasteiger partial charge on any atom is -0.485 e. The first-order chi connectivity index (χ1) is 8.16. The number of benzene rings is 1. The van der Waals surface area contributed by atoms with Crippen LogP contribution in [0.1, 0.15) is 18.4 Å². The largest absolute Gasteiger partial charge is 0.485 e. The standard InChI is InChI=1S/C13H15BrFNO/c1-9(14)8-17-13-10(3-2-4-12(13)15)7-16-11-5-6-11/h2-4,11,16H,1,5-8H2. The highest BCUT2D eigenvalue weighted by Crippen LogP contribution is 2.25. The zero-order chi connectivity index (χ0) is 12.3. The lowest BCUT2D eigenvalue weighted by Gasteiger charge is -2.12. The maximum atomic E-state index is 13.6. The number of hydrogen-bond acceptors (Lipinski definition) is 2. The summed E-state index contributed by atoms with van der Waals surface area (Å²) in [7, 11) is 0. The highest BCUT2D eigenvalue weighted by Gasteiger charge is 2.21. The number of nitrogens with one attached hydrogen (secondary N) is 1. The van der Waals surface area contributed by atoms with Gasteiger partial charge in [-0.3, -0.25) is 0 Å². The van der Waals surface area contributed by atoms with Crippen molar-refractivity contribution in [2.24, 2.45) is 0 Å². The quantitative estimate of drug-likeness (QED) is 0.870. The van der Waals surface area contributed by atoms with E-state index in [2.05, 4.69) is 27.8 Å². The highest BCUT2D eigenvalue weighted by atomic mass is 79.9. The molecule has 0 aromatic heterocycles. The molecule has 2 nitrogen and oxygen atoms in total. The van der Waals surface area contributed by atoms with E-state index >= 15 is 0 Å². The summed E-state index contributed by atoms with van der Waals surface area (Å²) in [5, 5.41) is 3.35. The molecular weight excluding hydrogens is 285 g/mol. The van der Waals surface area contributed by atoms with Crippen LogP contribution in [-0.4, -0.2) is 12.6 Å². The molecule has 1 aromatic rings. The SMILES string of the molecule is C=C(Br)COc1c(F)cccc1CNC1CC1. The van der Waals surface area contributed by atoms with Gasteiger partial charge in [0.05, 0.1) is 0 Å². The van der Waals surface area contributed by atoms with Gasteiger partial charge >= 0.3 is 0 Å². The molecular formula is C13H15BrFNO. The lowest BCUT2D eigenvalue weighted by Crippen LogP contribution is -2.16. The van der Waals surface area contributed by atoms with Crippen LogP contribution in [0.3, 0.4) is 0 Å². The number of hydrogen-bond donors (Lipinski definition) is 1. The second-order valence-electron chi connectivity index (χ2n) is 4.19. The summed E-state index contributed by atoms with van der Waals surface area (Å²) in [6.07, 6.45) is 2.42. The number of halogens is 2. The molecule has 0 amide bonds. The van der Waals surface area contributed by atoms with Gasteiger partial charge in [0.1, 0.15) is 6.61 Å². The predicted octanol–water partition coefficient (Wildman–Crippen LogP) is 3.37. The van der Waals surface area contributed by atoms with E-state index in [1.165, 1.54) is 18.9 Å². The molecule has 0 atom stereocenters. The van der Waals surface area contributed by atoms with Crippen molar-refractivity contribution < 1.29 is 9.13 Å². The van der Waals surface area contributed by atoms with Crippen molar-refractivity contribution in [1.29, 1.82) is 0 Å². The van der Waals surface area contributed by atoms with Crippen LogP contribution in [0.2, 0.25) is 0 Å². The van der Waals surface area contributed by atoms with Crippen LogP contribution in [-0.2, 0) is 6.54 Å². The fraction of sp³-hybridized carbons (Fsp3) is 0.385. The van der Waals surface area contributed by atoms with Gasteiger partial charge in [0.25, 0.3) is 0 Å². The molecule has 0 saturated heterocycles. The highest BCUT2D eigenvalue weighted by molar-refractivity contribution is 9.11. The summed E-state index contributed by atoms with van der Waals surface area (Å²) in [6, 6.07) is 5.59. The normalized spacial score (nSPS) is 14.7. The molecule has 0 bridgehead atoms. The Kier molecular flexibility index (Phi) is 4.18. The molecule has 17 heavy (non-hydrogen) atoms. The van der Waals surface area contributed by atoms with Crippen LogP contribution in [0.5, 0.6) is 5.75 Å². The molecule has 1 aliphatic carbocycles. The van der Waals surface area contributed by atoms with E-state index in [4.69, 9.17) is 4.74 Å². The van der Waals surface area contributed by atoms with Crippen molar-refractivity contribution in [3.63, 3.8) is 0 Å². The topological polar surface area (TPSA) is 21.3 Å². The Labute approximate surface area is 109 Å². The molecule has 1 aromatic carbocycles. The van der Waals surface area contributed by atoms with Gasteiger partial charge in [-0.25, -0.2) is 4.39 Å². The van der Waals surface area contributed by atoms with Gasteiger partial charge in [-0.05, 0) is 18.9 Å². The Morgan fingerprint density at radius 1 is 1.53 bits per heavy atom. The molecule has 0 spiro atoms. The zero-order valence-corrected chi connectivity index (χ0v) is 11.1. The van der Waals surface area contributed by atoms with Crippen molar-refractivity contribution in [3.05, 3.63) is 40.6 Å². The lowest BCUT2D eigenvalue weighted by atomic mass is 10.2. The third kappa shape index (κ3) is 3.82. The molecule has 0 unspecified atom stereocenters. The van der Waals surface area contributed by atoms with Crippen LogP contribution < -0.4 is 10.1 Å². The maximum absolute atomic E-state index is 13.6. The minimum absolute atomic E-state index is 0.275. The first kappa shape index (κ1) is 12.6. The van der Waals surface area contributed by atoms with Gasteiger partial charge in [-0.1, -0.05) is 34.6 Å². The number of para-hydroxylation sites is 1. The molecule has 0 aliphatic heterocycles. The molecule has 1 fully saturated rings. The van der Waals surface area contributed by atoms with Crippen molar-refractivity contribution in [2.75, 3.05) is 6.61 Å². The van der Waals surface area contributed by atoms with Crippen LogP contribution in [0.15, 0.2) is 29.3 Å². The first-order valence-corrected chi connectivity index (χ1v) is 6.43. The van der Waals surface area contributed by atoms with Crippen molar-refractivity contribution in [2.45, 2.75) is 25.4 Å². The molecule has 4 heteroatoms. The number of ether oxygens (including phenoxy) is 1. The molecule has 2 rings (SSSR count). The summed E-state index contributed by atoms with van der Waals surface area (Å²) in [4.78, 5) is 0. The Bertz CT molecular complexity index is 418. The molecule has 0 heterocycles. The molecule has 92 valence electrons. The average molecular weight is 300 g/mol. The van der Waals surface area contributed by atoms with E-state index in [1.54, 1.807) is 6.07 Å². The van der Waals surface area contributed by atoms with Crippen molar-refractivity contribution in [3.8, 4) is 5.75 Å². The van der Waals surface area contributed by atoms with E-state index in [9.17, 15) is 4.39 Å². The minimum atomic E-state index is -0.325. The summed E-state index contributed by atoms with van der Waals surface area (Å²) < 4.78 is 19.8. The van der Waals surface area contributed by atoms with Gasteiger partial charge in [0.15, 0.2) is 11.6 Å². The Hall–Kier alpha value is -0.870. The van der Waals surface area contributed by atoms with E-state index in [1.807, 2.05) is 6.07 Å². The van der Waals surface area contributed by atoms with Gasteiger partial charge in [-0.2, -0.15) is 0 Å². The summed E-state index contributed by atoms with van der Waals surface area (Å²) in [5.41, 5.74) is 0.852. The average Bonchev–Trinajstić information content (AvgIpc) is 3.08. The summed E-state index contributed by atoms with van der Waals surface area (Å²) >= 11 is 3.20. The Balaban J connectivity index is 2.05. The van der Waals surface area contributed by atoms with Gasteiger partial charge < -0.3 is 10.1 Å². The maximum Gasteiger partial charge on any atom is 0.165 e. The van der Waals surface area contributed by atoms with Gasteiger partial charge in [-0.15, -0.1) is 0 Å². The fourth-order valence-corrected chi connectivity index (χ4v) is 1.66. The molecule has 0 radical (unpaired) electrons. The predicted molar refractivity (Wildman–Crippen MR) is 69.8 cm³/mol. The number of rotatable bonds is 6. The van der Waals surface area contributed by atoms with Crippen molar-refractivity contribution in [1.82, 2.24) is 5.32 Å². The molecule has 1 N–H and O–H groups in total. The van der Waals surface area contributed by atoms with Crippen molar-refractivity contribution >= 4 is 15.9 Å². The van der Waals surface area contributed by atoms with Crippen LogP contribution in [0.25, 0.3) is 0 Å². The van der Waals surface area contributed by atoms with Crippen LogP contribution in [0.4, 0.5) is 4.39 Å². The molecule has 1 saturated carbocycles. The van der Waals surface area contributed by atoms with Gasteiger partial charge in [0, 0.05) is 22.6 Å².